The first-order valence-corrected chi connectivity index (χ1v) is 10.3. The average Bonchev–Trinajstić information content (AvgIpc) is 2.69. The van der Waals surface area contributed by atoms with Crippen LogP contribution in [0.5, 0.6) is 0 Å². The standard InChI is InChI=1S/C23H20FNS2/c1-17-8-12-20(13-9-17)25-23(27-22-6-4-3-5-7-22)18(2)16-26-21-14-10-19(24)11-15-21/h3-16H,1-2H3. The number of nitrogens with zero attached hydrogens (tertiary/aromatic N) is 1. The van der Waals surface area contributed by atoms with Gasteiger partial charge in [0.25, 0.3) is 0 Å². The van der Waals surface area contributed by atoms with Gasteiger partial charge in [0.2, 0.25) is 0 Å². The van der Waals surface area contributed by atoms with Crippen LogP contribution in [0.25, 0.3) is 0 Å². The molecule has 0 aliphatic rings. The lowest BCUT2D eigenvalue weighted by Crippen LogP contribution is -1.94. The molecule has 3 aromatic carbocycles. The van der Waals surface area contributed by atoms with Crippen molar-refractivity contribution in [1.29, 1.82) is 0 Å². The van der Waals surface area contributed by atoms with Gasteiger partial charge < -0.3 is 0 Å². The van der Waals surface area contributed by atoms with E-state index < -0.39 is 0 Å². The van der Waals surface area contributed by atoms with Crippen molar-refractivity contribution in [2.45, 2.75) is 23.6 Å². The first-order valence-electron chi connectivity index (χ1n) is 8.58. The van der Waals surface area contributed by atoms with Crippen molar-refractivity contribution in [2.24, 2.45) is 4.99 Å². The molecule has 0 atom stereocenters. The maximum Gasteiger partial charge on any atom is 0.123 e. The molecule has 0 saturated heterocycles. The maximum atomic E-state index is 13.1. The summed E-state index contributed by atoms with van der Waals surface area (Å²) in [5, 5.41) is 3.01. The third kappa shape index (κ3) is 6.12. The monoisotopic (exact) mass is 393 g/mol. The van der Waals surface area contributed by atoms with Crippen molar-refractivity contribution in [3.8, 4) is 0 Å². The molecular formula is C23H20FNS2. The van der Waals surface area contributed by atoms with E-state index in [0.29, 0.717) is 0 Å². The van der Waals surface area contributed by atoms with Crippen molar-refractivity contribution in [3.63, 3.8) is 0 Å². The Balaban J connectivity index is 1.86. The number of halogens is 1. The fraction of sp³-hybridized carbons (Fsp3) is 0.0870. The van der Waals surface area contributed by atoms with E-state index in [2.05, 4.69) is 43.5 Å². The van der Waals surface area contributed by atoms with Gasteiger partial charge in [0.05, 0.1) is 5.69 Å². The maximum absolute atomic E-state index is 13.1. The second-order valence-corrected chi connectivity index (χ2v) is 8.05. The van der Waals surface area contributed by atoms with Crippen molar-refractivity contribution in [2.75, 3.05) is 0 Å². The summed E-state index contributed by atoms with van der Waals surface area (Å²) in [5.74, 6) is -0.221. The molecule has 136 valence electrons. The van der Waals surface area contributed by atoms with Gasteiger partial charge in [0, 0.05) is 9.79 Å². The highest BCUT2D eigenvalue weighted by Crippen LogP contribution is 2.29. The summed E-state index contributed by atoms with van der Waals surface area (Å²) >= 11 is 3.21. The van der Waals surface area contributed by atoms with Gasteiger partial charge in [-0.1, -0.05) is 59.4 Å². The minimum Gasteiger partial charge on any atom is -0.241 e. The molecule has 0 fully saturated rings. The van der Waals surface area contributed by atoms with E-state index >= 15 is 0 Å². The van der Waals surface area contributed by atoms with Gasteiger partial charge in [-0.05, 0) is 73.4 Å². The molecule has 3 aromatic rings. The molecule has 1 nitrogen and oxygen atoms in total. The van der Waals surface area contributed by atoms with Crippen molar-refractivity contribution >= 4 is 34.3 Å². The Hall–Kier alpha value is -2.30. The zero-order valence-corrected chi connectivity index (χ0v) is 16.9. The Labute approximate surface area is 168 Å². The predicted octanol–water partition coefficient (Wildman–Crippen LogP) is 7.65. The van der Waals surface area contributed by atoms with E-state index in [9.17, 15) is 4.39 Å². The highest BCUT2D eigenvalue weighted by atomic mass is 32.2. The van der Waals surface area contributed by atoms with E-state index in [-0.39, 0.29) is 5.82 Å². The molecule has 0 heterocycles. The fourth-order valence-corrected chi connectivity index (χ4v) is 3.93. The number of thioether (sulfide) groups is 2. The lowest BCUT2D eigenvalue weighted by molar-refractivity contribution is 0.626. The van der Waals surface area contributed by atoms with Gasteiger partial charge in [0.15, 0.2) is 0 Å². The molecule has 0 aliphatic heterocycles. The second-order valence-electron chi connectivity index (χ2n) is 6.04. The van der Waals surface area contributed by atoms with Crippen LogP contribution >= 0.6 is 23.5 Å². The predicted molar refractivity (Wildman–Crippen MR) is 117 cm³/mol. The Morgan fingerprint density at radius 1 is 0.852 bits per heavy atom. The Morgan fingerprint density at radius 2 is 1.52 bits per heavy atom. The Kier molecular flexibility index (Phi) is 6.91. The number of benzene rings is 3. The summed E-state index contributed by atoms with van der Waals surface area (Å²) in [5.41, 5.74) is 3.21. The smallest absolute Gasteiger partial charge is 0.123 e. The molecule has 0 N–H and O–H groups in total. The summed E-state index contributed by atoms with van der Waals surface area (Å²) in [6.45, 7) is 4.12. The lowest BCUT2D eigenvalue weighted by atomic mass is 10.2. The summed E-state index contributed by atoms with van der Waals surface area (Å²) in [6, 6.07) is 24.9. The number of aryl methyl sites for hydroxylation is 1. The van der Waals surface area contributed by atoms with Crippen molar-refractivity contribution in [1.82, 2.24) is 0 Å². The van der Waals surface area contributed by atoms with Gasteiger partial charge in [0.1, 0.15) is 10.9 Å². The molecule has 0 bridgehead atoms. The molecule has 0 saturated carbocycles. The van der Waals surface area contributed by atoms with Crippen LogP contribution in [0, 0.1) is 12.7 Å². The van der Waals surface area contributed by atoms with Crippen LogP contribution < -0.4 is 0 Å². The molecule has 3 rings (SSSR count). The summed E-state index contributed by atoms with van der Waals surface area (Å²) in [6.07, 6.45) is 0. The molecule has 0 amide bonds. The molecule has 0 radical (unpaired) electrons. The van der Waals surface area contributed by atoms with Gasteiger partial charge in [-0.3, -0.25) is 0 Å². The Morgan fingerprint density at radius 3 is 2.19 bits per heavy atom. The zero-order valence-electron chi connectivity index (χ0n) is 15.2. The number of aliphatic imine (C=N–C) groups is 1. The third-order valence-electron chi connectivity index (χ3n) is 3.75. The van der Waals surface area contributed by atoms with Crippen LogP contribution in [0.1, 0.15) is 12.5 Å². The van der Waals surface area contributed by atoms with Crippen LogP contribution in [-0.2, 0) is 0 Å². The highest BCUT2D eigenvalue weighted by molar-refractivity contribution is 8.14. The van der Waals surface area contributed by atoms with E-state index in [1.807, 2.05) is 30.3 Å². The highest BCUT2D eigenvalue weighted by Gasteiger charge is 2.07. The van der Waals surface area contributed by atoms with Crippen LogP contribution in [0.4, 0.5) is 10.1 Å². The fourth-order valence-electron chi connectivity index (χ4n) is 2.25. The van der Waals surface area contributed by atoms with Crippen LogP contribution in [0.3, 0.4) is 0 Å². The van der Waals surface area contributed by atoms with Gasteiger partial charge in [-0.15, -0.1) is 0 Å². The minimum atomic E-state index is -0.221. The van der Waals surface area contributed by atoms with Gasteiger partial charge in [-0.2, -0.15) is 0 Å². The number of hydrogen-bond donors (Lipinski definition) is 0. The first kappa shape index (κ1) is 19.5. The summed E-state index contributed by atoms with van der Waals surface area (Å²) in [7, 11) is 0. The summed E-state index contributed by atoms with van der Waals surface area (Å²) in [4.78, 5) is 7.00. The molecule has 27 heavy (non-hydrogen) atoms. The van der Waals surface area contributed by atoms with Crippen molar-refractivity contribution < 1.29 is 4.39 Å². The van der Waals surface area contributed by atoms with Crippen LogP contribution in [0.15, 0.2) is 105 Å². The molecule has 0 aliphatic carbocycles. The minimum absolute atomic E-state index is 0.221. The van der Waals surface area contributed by atoms with Gasteiger partial charge >= 0.3 is 0 Å². The second kappa shape index (κ2) is 9.58. The van der Waals surface area contributed by atoms with Gasteiger partial charge in [-0.25, -0.2) is 9.38 Å². The average molecular weight is 394 g/mol. The van der Waals surface area contributed by atoms with E-state index in [1.54, 1.807) is 35.7 Å². The lowest BCUT2D eigenvalue weighted by Gasteiger charge is -2.08. The van der Waals surface area contributed by atoms with Crippen LogP contribution in [-0.4, -0.2) is 5.04 Å². The van der Waals surface area contributed by atoms with E-state index in [1.165, 1.54) is 17.7 Å². The van der Waals surface area contributed by atoms with E-state index in [0.717, 1.165) is 26.1 Å². The number of hydrogen-bond acceptors (Lipinski definition) is 3. The molecule has 0 aromatic heterocycles. The normalized spacial score (nSPS) is 12.3. The summed E-state index contributed by atoms with van der Waals surface area (Å²) < 4.78 is 13.1. The van der Waals surface area contributed by atoms with E-state index in [4.69, 9.17) is 4.99 Å². The largest absolute Gasteiger partial charge is 0.241 e. The molecule has 0 unspecified atom stereocenters. The third-order valence-corrected chi connectivity index (χ3v) is 5.88. The Bertz CT molecular complexity index is 930. The zero-order chi connectivity index (χ0) is 19.1. The first-order chi connectivity index (χ1) is 13.1. The number of rotatable bonds is 5. The SMILES string of the molecule is CC(=CSc1ccc(F)cc1)C(=Nc1ccc(C)cc1)Sc1ccccc1. The molecular weight excluding hydrogens is 373 g/mol. The quantitative estimate of drug-likeness (QED) is 0.251. The molecule has 4 heteroatoms. The van der Waals surface area contributed by atoms with Crippen molar-refractivity contribution in [3.05, 3.63) is 101 Å². The van der Waals surface area contributed by atoms with Crippen LogP contribution in [0.2, 0.25) is 0 Å². The topological polar surface area (TPSA) is 12.4 Å². The molecule has 0 spiro atoms.